The number of allylic oxidation sites excluding steroid dienone is 1. The molecule has 2 aromatic carbocycles. The van der Waals surface area contributed by atoms with Gasteiger partial charge in [0.1, 0.15) is 6.07 Å². The largest absolute Gasteiger partial charge is 0.378 e. The van der Waals surface area contributed by atoms with E-state index in [-0.39, 0.29) is 17.7 Å². The number of morpholine rings is 1. The van der Waals surface area contributed by atoms with Crippen LogP contribution in [0.3, 0.4) is 0 Å². The first-order chi connectivity index (χ1) is 14.7. The van der Waals surface area contributed by atoms with Gasteiger partial charge in [-0.3, -0.25) is 0 Å². The molecule has 1 aliphatic rings. The normalized spacial score (nSPS) is 14.2. The van der Waals surface area contributed by atoms with Gasteiger partial charge in [-0.1, -0.05) is 30.3 Å². The van der Waals surface area contributed by atoms with Crippen molar-refractivity contribution in [2.24, 2.45) is 0 Å². The number of para-hydroxylation sites is 1. The topological polar surface area (TPSA) is 113 Å². The van der Waals surface area contributed by atoms with Gasteiger partial charge in [-0.05, 0) is 35.9 Å². The molecule has 0 radical (unpaired) electrons. The van der Waals surface area contributed by atoms with Crippen LogP contribution < -0.4 is 16.0 Å². The fraction of sp³-hybridized carbons (Fsp3) is 0.182. The van der Waals surface area contributed by atoms with Crippen molar-refractivity contribution in [1.82, 2.24) is 15.0 Å². The smallest absolute Gasteiger partial charge is 0.232 e. The zero-order valence-corrected chi connectivity index (χ0v) is 16.3. The minimum atomic E-state index is 0.0437. The molecule has 8 nitrogen and oxygen atoms in total. The molecule has 3 N–H and O–H groups in total. The summed E-state index contributed by atoms with van der Waals surface area (Å²) in [5.41, 5.74) is 8.97. The molecule has 0 aliphatic carbocycles. The second-order valence-electron chi connectivity index (χ2n) is 6.69. The van der Waals surface area contributed by atoms with Crippen LogP contribution in [0.25, 0.3) is 11.6 Å². The molecule has 30 heavy (non-hydrogen) atoms. The lowest BCUT2D eigenvalue weighted by molar-refractivity contribution is 0.122. The van der Waals surface area contributed by atoms with Gasteiger partial charge >= 0.3 is 0 Å². The molecule has 0 amide bonds. The molecule has 1 fully saturated rings. The maximum atomic E-state index is 9.67. The third-order valence-electron chi connectivity index (χ3n) is 4.62. The third-order valence-corrected chi connectivity index (χ3v) is 4.62. The maximum Gasteiger partial charge on any atom is 0.232 e. The van der Waals surface area contributed by atoms with Crippen LogP contribution in [-0.4, -0.2) is 41.3 Å². The summed E-state index contributed by atoms with van der Waals surface area (Å²) in [5.74, 6) is 0.551. The Morgan fingerprint density at radius 1 is 1.03 bits per heavy atom. The van der Waals surface area contributed by atoms with E-state index in [0.29, 0.717) is 5.57 Å². The van der Waals surface area contributed by atoms with Crippen LogP contribution in [0.1, 0.15) is 11.4 Å². The molecule has 4 rings (SSSR count). The van der Waals surface area contributed by atoms with Gasteiger partial charge in [-0.2, -0.15) is 20.2 Å². The van der Waals surface area contributed by atoms with Crippen LogP contribution in [0, 0.1) is 11.3 Å². The van der Waals surface area contributed by atoms with Crippen molar-refractivity contribution in [3.63, 3.8) is 0 Å². The van der Waals surface area contributed by atoms with Gasteiger partial charge in [0.2, 0.25) is 11.9 Å². The number of anilines is 4. The van der Waals surface area contributed by atoms with E-state index >= 15 is 0 Å². The Kier molecular flexibility index (Phi) is 5.83. The molecule has 1 saturated heterocycles. The Morgan fingerprint density at radius 3 is 2.47 bits per heavy atom. The second kappa shape index (κ2) is 9.03. The molecular weight excluding hydrogens is 378 g/mol. The van der Waals surface area contributed by atoms with Crippen molar-refractivity contribution in [2.45, 2.75) is 0 Å². The third kappa shape index (κ3) is 4.71. The number of ether oxygens (including phenoxy) is 1. The minimum Gasteiger partial charge on any atom is -0.378 e. The first-order valence-corrected chi connectivity index (χ1v) is 9.60. The Balaban J connectivity index is 1.57. The summed E-state index contributed by atoms with van der Waals surface area (Å²) in [6.07, 6.45) is 1.74. The van der Waals surface area contributed by atoms with Crippen molar-refractivity contribution in [2.75, 3.05) is 42.3 Å². The van der Waals surface area contributed by atoms with Crippen molar-refractivity contribution >= 4 is 34.9 Å². The monoisotopic (exact) mass is 399 g/mol. The van der Waals surface area contributed by atoms with Gasteiger partial charge in [0.25, 0.3) is 0 Å². The summed E-state index contributed by atoms with van der Waals surface area (Å²) in [5, 5.41) is 12.7. The van der Waals surface area contributed by atoms with E-state index in [2.05, 4.69) is 31.2 Å². The van der Waals surface area contributed by atoms with Crippen LogP contribution >= 0.6 is 0 Å². The van der Waals surface area contributed by atoms with Gasteiger partial charge in [0.05, 0.1) is 18.8 Å². The first kappa shape index (κ1) is 19.4. The summed E-state index contributed by atoms with van der Waals surface area (Å²) >= 11 is 0. The fourth-order valence-corrected chi connectivity index (χ4v) is 3.14. The predicted octanol–water partition coefficient (Wildman–Crippen LogP) is 3.10. The van der Waals surface area contributed by atoms with E-state index in [1.165, 1.54) is 0 Å². The summed E-state index contributed by atoms with van der Waals surface area (Å²) < 4.78 is 5.40. The molecule has 0 atom stereocenters. The van der Waals surface area contributed by atoms with E-state index in [9.17, 15) is 5.26 Å². The van der Waals surface area contributed by atoms with Gasteiger partial charge < -0.3 is 20.7 Å². The average Bonchev–Trinajstić information content (AvgIpc) is 2.79. The molecule has 1 aliphatic heterocycles. The molecule has 0 unspecified atom stereocenters. The average molecular weight is 399 g/mol. The van der Waals surface area contributed by atoms with Crippen LogP contribution in [0.5, 0.6) is 0 Å². The number of nitriles is 1. The zero-order valence-electron chi connectivity index (χ0n) is 16.3. The lowest BCUT2D eigenvalue weighted by Gasteiger charge is -2.28. The number of benzene rings is 2. The Hall–Kier alpha value is -3.96. The van der Waals surface area contributed by atoms with Crippen LogP contribution in [-0.2, 0) is 4.74 Å². The highest BCUT2D eigenvalue weighted by molar-refractivity contribution is 5.87. The molecule has 150 valence electrons. The molecule has 0 bridgehead atoms. The molecule has 3 aromatic rings. The van der Waals surface area contributed by atoms with Gasteiger partial charge in [0, 0.05) is 24.5 Å². The summed E-state index contributed by atoms with van der Waals surface area (Å²) in [4.78, 5) is 14.9. The molecular formula is C22H21N7O. The van der Waals surface area contributed by atoms with Crippen molar-refractivity contribution in [1.29, 1.82) is 5.26 Å². The quantitative estimate of drug-likeness (QED) is 0.629. The first-order valence-electron chi connectivity index (χ1n) is 9.60. The van der Waals surface area contributed by atoms with E-state index in [1.54, 1.807) is 6.08 Å². The van der Waals surface area contributed by atoms with Crippen LogP contribution in [0.4, 0.5) is 23.3 Å². The number of nitrogen functional groups attached to an aromatic ring is 1. The minimum absolute atomic E-state index is 0.0437. The lowest BCUT2D eigenvalue weighted by Crippen LogP contribution is -2.36. The van der Waals surface area contributed by atoms with E-state index in [0.717, 1.165) is 43.2 Å². The highest BCUT2D eigenvalue weighted by Gasteiger charge is 2.12. The Morgan fingerprint density at radius 2 is 1.77 bits per heavy atom. The Labute approximate surface area is 174 Å². The van der Waals surface area contributed by atoms with Crippen molar-refractivity contribution in [3.05, 3.63) is 66.0 Å². The fourth-order valence-electron chi connectivity index (χ4n) is 3.14. The lowest BCUT2D eigenvalue weighted by atomic mass is 10.1. The second-order valence-corrected chi connectivity index (χ2v) is 6.69. The van der Waals surface area contributed by atoms with Gasteiger partial charge in [-0.15, -0.1) is 0 Å². The highest BCUT2D eigenvalue weighted by atomic mass is 16.5. The number of aromatic nitrogens is 3. The van der Waals surface area contributed by atoms with Crippen LogP contribution in [0.2, 0.25) is 0 Å². The van der Waals surface area contributed by atoms with Gasteiger partial charge in [-0.25, -0.2) is 0 Å². The molecule has 1 aromatic heterocycles. The number of hydrogen-bond donors (Lipinski definition) is 2. The van der Waals surface area contributed by atoms with E-state index in [1.807, 2.05) is 54.6 Å². The number of nitrogens with zero attached hydrogens (tertiary/aromatic N) is 5. The van der Waals surface area contributed by atoms with E-state index < -0.39 is 0 Å². The number of nitrogens with one attached hydrogen (secondary N) is 1. The van der Waals surface area contributed by atoms with E-state index in [4.69, 9.17) is 10.5 Å². The predicted molar refractivity (Wildman–Crippen MR) is 117 cm³/mol. The number of nitrogens with two attached hydrogens (primary N) is 1. The van der Waals surface area contributed by atoms with Gasteiger partial charge in [0.15, 0.2) is 5.82 Å². The number of hydrogen-bond acceptors (Lipinski definition) is 8. The summed E-state index contributed by atoms with van der Waals surface area (Å²) in [6.45, 7) is 3.22. The van der Waals surface area contributed by atoms with Crippen molar-refractivity contribution < 1.29 is 4.74 Å². The molecule has 0 spiro atoms. The summed E-state index contributed by atoms with van der Waals surface area (Å²) in [6, 6.07) is 19.7. The molecule has 8 heteroatoms. The molecule has 2 heterocycles. The SMILES string of the molecule is N#C/C(=C\c1ccc(N2CCOCC2)cc1)c1nc(N)nc(Nc2ccccc2)n1. The highest BCUT2D eigenvalue weighted by Crippen LogP contribution is 2.21. The maximum absolute atomic E-state index is 9.67. The molecule has 0 saturated carbocycles. The Bertz CT molecular complexity index is 1070. The number of rotatable bonds is 5. The van der Waals surface area contributed by atoms with Crippen molar-refractivity contribution in [3.8, 4) is 6.07 Å². The van der Waals surface area contributed by atoms with Crippen LogP contribution in [0.15, 0.2) is 54.6 Å². The standard InChI is InChI=1S/C22H21N7O/c23-15-17(14-16-6-8-19(9-7-16)29-10-12-30-13-11-29)20-26-21(24)28-22(27-20)25-18-4-2-1-3-5-18/h1-9,14H,10-13H2,(H3,24,25,26,27,28)/b17-14+. The summed E-state index contributed by atoms with van der Waals surface area (Å²) in [7, 11) is 0. The zero-order chi connectivity index (χ0) is 20.8.